The predicted molar refractivity (Wildman–Crippen MR) is 130 cm³/mol. The zero-order valence-electron chi connectivity index (χ0n) is 18.6. The Morgan fingerprint density at radius 2 is 1.88 bits per heavy atom. The largest absolute Gasteiger partial charge is 0.497 e. The molecule has 0 unspecified atom stereocenters. The summed E-state index contributed by atoms with van der Waals surface area (Å²) in [6, 6.07) is 19.6. The summed E-state index contributed by atoms with van der Waals surface area (Å²) < 4.78 is 9.13. The maximum Gasteiger partial charge on any atom is 0.250 e. The van der Waals surface area contributed by atoms with Crippen molar-refractivity contribution in [1.29, 1.82) is 0 Å². The van der Waals surface area contributed by atoms with Crippen LogP contribution < -0.4 is 10.2 Å². The van der Waals surface area contributed by atoms with E-state index in [4.69, 9.17) is 4.74 Å². The van der Waals surface area contributed by atoms with Crippen molar-refractivity contribution in [2.45, 2.75) is 12.1 Å². The second-order valence-corrected chi connectivity index (χ2v) is 8.27. The van der Waals surface area contributed by atoms with Gasteiger partial charge in [0.25, 0.3) is 5.91 Å². The van der Waals surface area contributed by atoms with Gasteiger partial charge in [-0.05, 0) is 43.3 Å². The first-order valence-electron chi connectivity index (χ1n) is 10.3. The molecule has 0 saturated carbocycles. The fourth-order valence-corrected chi connectivity index (χ4v) is 3.90. The summed E-state index contributed by atoms with van der Waals surface area (Å²) in [7, 11) is 3.54. The summed E-state index contributed by atoms with van der Waals surface area (Å²) in [5.41, 5.74) is 6.43. The molecule has 1 N–H and O–H groups in total. The van der Waals surface area contributed by atoms with E-state index >= 15 is 0 Å². The normalized spacial score (nSPS) is 11.1. The Kier molecular flexibility index (Phi) is 6.89. The van der Waals surface area contributed by atoms with Crippen molar-refractivity contribution in [3.05, 3.63) is 78.1 Å². The Bertz CT molecular complexity index is 1260. The van der Waals surface area contributed by atoms with E-state index in [-0.39, 0.29) is 11.7 Å². The van der Waals surface area contributed by atoms with E-state index < -0.39 is 0 Å². The molecule has 8 nitrogen and oxygen atoms in total. The molecular formula is C24H24N6O2S. The van der Waals surface area contributed by atoms with E-state index in [1.807, 2.05) is 90.0 Å². The van der Waals surface area contributed by atoms with Gasteiger partial charge in [-0.3, -0.25) is 9.36 Å². The summed E-state index contributed by atoms with van der Waals surface area (Å²) in [4.78, 5) is 12.3. The molecule has 168 valence electrons. The highest BCUT2D eigenvalue weighted by atomic mass is 32.2. The van der Waals surface area contributed by atoms with Gasteiger partial charge in [-0.1, -0.05) is 41.6 Å². The number of carbonyl (C=O) groups excluding carboxylic acids is 1. The number of aryl methyl sites for hydroxylation is 2. The molecule has 0 bridgehead atoms. The lowest BCUT2D eigenvalue weighted by Crippen LogP contribution is -2.20. The third-order valence-electron chi connectivity index (χ3n) is 4.98. The Hall–Kier alpha value is -3.85. The van der Waals surface area contributed by atoms with Gasteiger partial charge in [-0.15, -0.1) is 10.2 Å². The topological polar surface area (TPSA) is 86.3 Å². The van der Waals surface area contributed by atoms with Gasteiger partial charge in [-0.2, -0.15) is 5.10 Å². The molecule has 2 aromatic carbocycles. The van der Waals surface area contributed by atoms with Gasteiger partial charge in [0.2, 0.25) is 0 Å². The number of ether oxygens (including phenoxy) is 1. The van der Waals surface area contributed by atoms with E-state index in [1.54, 1.807) is 13.3 Å². The van der Waals surface area contributed by atoms with Crippen molar-refractivity contribution in [2.75, 3.05) is 12.9 Å². The molecule has 2 aromatic heterocycles. The van der Waals surface area contributed by atoms with Gasteiger partial charge < -0.3 is 9.30 Å². The summed E-state index contributed by atoms with van der Waals surface area (Å²) in [6.45, 7) is 2.04. The lowest BCUT2D eigenvalue weighted by molar-refractivity contribution is -0.118. The number of nitrogens with one attached hydrogen (secondary N) is 1. The Morgan fingerprint density at radius 1 is 1.12 bits per heavy atom. The van der Waals surface area contributed by atoms with Gasteiger partial charge in [0, 0.05) is 24.5 Å². The van der Waals surface area contributed by atoms with Crippen LogP contribution in [0.1, 0.15) is 11.3 Å². The number of rotatable bonds is 8. The summed E-state index contributed by atoms with van der Waals surface area (Å²) >= 11 is 1.30. The van der Waals surface area contributed by atoms with Crippen LogP contribution in [0.4, 0.5) is 0 Å². The number of nitrogens with zero attached hydrogens (tertiary/aromatic N) is 5. The van der Waals surface area contributed by atoms with Crippen LogP contribution >= 0.6 is 11.8 Å². The van der Waals surface area contributed by atoms with Crippen molar-refractivity contribution < 1.29 is 9.53 Å². The molecule has 1 amide bonds. The Morgan fingerprint density at radius 3 is 2.55 bits per heavy atom. The third kappa shape index (κ3) is 5.32. The fourth-order valence-electron chi connectivity index (χ4n) is 3.16. The van der Waals surface area contributed by atoms with Crippen molar-refractivity contribution in [1.82, 2.24) is 24.8 Å². The molecule has 0 atom stereocenters. The van der Waals surface area contributed by atoms with Crippen LogP contribution in [-0.2, 0) is 11.8 Å². The first-order chi connectivity index (χ1) is 16.0. The maximum absolute atomic E-state index is 12.3. The number of hydrogen-bond donors (Lipinski definition) is 1. The lowest BCUT2D eigenvalue weighted by atomic mass is 10.1. The smallest absolute Gasteiger partial charge is 0.250 e. The van der Waals surface area contributed by atoms with Crippen LogP contribution in [-0.4, -0.2) is 44.3 Å². The molecule has 4 aromatic rings. The van der Waals surface area contributed by atoms with Crippen LogP contribution in [0.5, 0.6) is 5.75 Å². The average Bonchev–Trinajstić information content (AvgIpc) is 3.44. The number of aromatic nitrogens is 4. The van der Waals surface area contributed by atoms with Crippen LogP contribution in [0.25, 0.3) is 17.1 Å². The average molecular weight is 461 g/mol. The number of methoxy groups -OCH3 is 1. The summed E-state index contributed by atoms with van der Waals surface area (Å²) in [5, 5.41) is 13.4. The second-order valence-electron chi connectivity index (χ2n) is 7.33. The molecule has 33 heavy (non-hydrogen) atoms. The first-order valence-corrected chi connectivity index (χ1v) is 11.3. The predicted octanol–water partition coefficient (Wildman–Crippen LogP) is 3.83. The van der Waals surface area contributed by atoms with E-state index in [0.717, 1.165) is 28.3 Å². The monoisotopic (exact) mass is 460 g/mol. The highest BCUT2D eigenvalue weighted by molar-refractivity contribution is 7.99. The maximum atomic E-state index is 12.3. The molecular weight excluding hydrogens is 436 g/mol. The van der Waals surface area contributed by atoms with Crippen molar-refractivity contribution in [3.8, 4) is 22.8 Å². The van der Waals surface area contributed by atoms with Gasteiger partial charge >= 0.3 is 0 Å². The number of benzene rings is 2. The van der Waals surface area contributed by atoms with E-state index in [0.29, 0.717) is 11.0 Å². The molecule has 0 radical (unpaired) electrons. The number of hydrazone groups is 1. The molecule has 0 aliphatic rings. The van der Waals surface area contributed by atoms with Crippen molar-refractivity contribution >= 4 is 23.9 Å². The van der Waals surface area contributed by atoms with Crippen molar-refractivity contribution in [2.24, 2.45) is 12.1 Å². The van der Waals surface area contributed by atoms with E-state index in [2.05, 4.69) is 20.7 Å². The molecule has 9 heteroatoms. The minimum atomic E-state index is -0.230. The van der Waals surface area contributed by atoms with Gasteiger partial charge in [0.05, 0.1) is 24.8 Å². The third-order valence-corrected chi connectivity index (χ3v) is 5.91. The highest BCUT2D eigenvalue weighted by Crippen LogP contribution is 2.29. The quantitative estimate of drug-likeness (QED) is 0.245. The molecule has 0 aliphatic heterocycles. The van der Waals surface area contributed by atoms with Crippen LogP contribution in [0.3, 0.4) is 0 Å². The highest BCUT2D eigenvalue weighted by Gasteiger charge is 2.17. The number of thioether (sulfide) groups is 1. The zero-order chi connectivity index (χ0) is 23.2. The molecule has 0 fully saturated rings. The standard InChI is InChI=1S/C24H24N6O2S/c1-17-6-8-18(9-7-17)23-27-28-24(30(23)19-10-12-21(32-3)13-11-19)33-16-22(31)26-25-15-20-5-4-14-29(20)2/h4-15H,16H2,1-3H3,(H,26,31)/b25-15-. The summed E-state index contributed by atoms with van der Waals surface area (Å²) in [6.07, 6.45) is 3.52. The first kappa shape index (κ1) is 22.3. The van der Waals surface area contributed by atoms with Crippen LogP contribution in [0.2, 0.25) is 0 Å². The van der Waals surface area contributed by atoms with E-state index in [1.165, 1.54) is 11.8 Å². The molecule has 2 heterocycles. The SMILES string of the molecule is COc1ccc(-n2c(SCC(=O)N/N=C\c3cccn3C)nnc2-c2ccc(C)cc2)cc1. The minimum Gasteiger partial charge on any atom is -0.497 e. The lowest BCUT2D eigenvalue weighted by Gasteiger charge is -2.11. The van der Waals surface area contributed by atoms with Gasteiger partial charge in [0.1, 0.15) is 5.75 Å². The summed E-state index contributed by atoms with van der Waals surface area (Å²) in [5.74, 6) is 1.37. The van der Waals surface area contributed by atoms with Crippen molar-refractivity contribution in [3.63, 3.8) is 0 Å². The van der Waals surface area contributed by atoms with Crippen LogP contribution in [0.15, 0.2) is 77.1 Å². The van der Waals surface area contributed by atoms with Gasteiger partial charge in [-0.25, -0.2) is 5.43 Å². The molecule has 0 saturated heterocycles. The Labute approximate surface area is 196 Å². The minimum absolute atomic E-state index is 0.145. The molecule has 4 rings (SSSR count). The number of amides is 1. The zero-order valence-corrected chi connectivity index (χ0v) is 19.4. The Balaban J connectivity index is 1.54. The second kappa shape index (κ2) is 10.2. The number of hydrogen-bond acceptors (Lipinski definition) is 6. The van der Waals surface area contributed by atoms with E-state index in [9.17, 15) is 4.79 Å². The fraction of sp³-hybridized carbons (Fsp3) is 0.167. The number of carbonyl (C=O) groups is 1. The molecule has 0 aliphatic carbocycles. The molecule has 0 spiro atoms. The van der Waals surface area contributed by atoms with Gasteiger partial charge in [0.15, 0.2) is 11.0 Å². The van der Waals surface area contributed by atoms with Crippen LogP contribution in [0, 0.1) is 6.92 Å².